The lowest BCUT2D eigenvalue weighted by Crippen LogP contribution is -2.59. The van der Waals surface area contributed by atoms with Crippen molar-refractivity contribution in [3.8, 4) is 0 Å². The Morgan fingerprint density at radius 1 is 1.25 bits per heavy atom. The van der Waals surface area contributed by atoms with Crippen molar-refractivity contribution in [3.63, 3.8) is 0 Å². The number of hydrogen-bond donors (Lipinski definition) is 1. The largest absolute Gasteiger partial charge is 0.408 e. The Labute approximate surface area is 115 Å². The fourth-order valence-electron chi connectivity index (χ4n) is 3.29. The van der Waals surface area contributed by atoms with Crippen molar-refractivity contribution in [2.75, 3.05) is 5.32 Å². The smallest absolute Gasteiger partial charge is 0.315 e. The van der Waals surface area contributed by atoms with Gasteiger partial charge in [0.25, 0.3) is 0 Å². The van der Waals surface area contributed by atoms with E-state index >= 15 is 0 Å². The maximum atomic E-state index is 5.56. The molecule has 6 rings (SSSR count). The second kappa shape index (κ2) is 3.59. The molecule has 0 aliphatic heterocycles. The molecule has 0 unspecified atom stereocenters. The van der Waals surface area contributed by atoms with Crippen molar-refractivity contribution < 1.29 is 4.42 Å². The molecule has 7 nitrogen and oxygen atoms in total. The fraction of sp³-hybridized carbons (Fsp3) is 0.692. The number of anilines is 1. The monoisotopic (exact) mass is 272 g/mol. The van der Waals surface area contributed by atoms with Gasteiger partial charge >= 0.3 is 6.01 Å². The number of nitrogens with one attached hydrogen (secondary N) is 1. The number of aromatic nitrogens is 5. The van der Waals surface area contributed by atoms with E-state index in [0.717, 1.165) is 17.5 Å². The highest BCUT2D eigenvalue weighted by Gasteiger charge is 2.58. The molecule has 1 N–H and O–H groups in total. The average Bonchev–Trinajstić information content (AvgIpc) is 2.91. The Kier molecular flexibility index (Phi) is 1.94. The van der Waals surface area contributed by atoms with E-state index in [0.29, 0.717) is 24.0 Å². The molecule has 7 heteroatoms. The highest BCUT2D eigenvalue weighted by atomic mass is 16.4. The summed E-state index contributed by atoms with van der Waals surface area (Å²) in [5, 5.41) is 19.6. The normalized spacial score (nSPS) is 30.7. The number of hydrogen-bond acceptors (Lipinski definition) is 6. The van der Waals surface area contributed by atoms with Gasteiger partial charge < -0.3 is 9.73 Å². The lowest BCUT2D eigenvalue weighted by Gasteiger charge is -2.61. The van der Waals surface area contributed by atoms with Crippen LogP contribution in [0.4, 0.5) is 6.01 Å². The molecule has 104 valence electrons. The molecule has 2 aromatic rings. The van der Waals surface area contributed by atoms with E-state index in [-0.39, 0.29) is 0 Å². The zero-order valence-electron chi connectivity index (χ0n) is 11.1. The van der Waals surface area contributed by atoms with E-state index in [1.165, 1.54) is 32.1 Å². The Bertz CT molecular complexity index is 640. The average molecular weight is 272 g/mol. The number of rotatable bonds is 5. The van der Waals surface area contributed by atoms with E-state index < -0.39 is 0 Å². The molecule has 4 saturated carbocycles. The van der Waals surface area contributed by atoms with Gasteiger partial charge in [-0.2, -0.15) is 0 Å². The Balaban J connectivity index is 1.24. The van der Waals surface area contributed by atoms with E-state index in [9.17, 15) is 0 Å². The van der Waals surface area contributed by atoms with Crippen LogP contribution in [0.1, 0.15) is 49.6 Å². The summed E-state index contributed by atoms with van der Waals surface area (Å²) < 4.78 is 7.60. The molecular formula is C13H16N6O. The van der Waals surface area contributed by atoms with Gasteiger partial charge in [-0.25, -0.2) is 4.68 Å². The van der Waals surface area contributed by atoms with Gasteiger partial charge in [0, 0.05) is 5.92 Å². The lowest BCUT2D eigenvalue weighted by atomic mass is 9.50. The van der Waals surface area contributed by atoms with E-state index in [1.54, 1.807) is 0 Å². The summed E-state index contributed by atoms with van der Waals surface area (Å²) in [5.74, 6) is 2.19. The molecule has 2 aromatic heterocycles. The van der Waals surface area contributed by atoms with Gasteiger partial charge in [-0.3, -0.25) is 0 Å². The third kappa shape index (κ3) is 1.52. The molecule has 0 amide bonds. The van der Waals surface area contributed by atoms with Gasteiger partial charge in [-0.1, -0.05) is 10.3 Å². The molecule has 20 heavy (non-hydrogen) atoms. The summed E-state index contributed by atoms with van der Waals surface area (Å²) in [5.41, 5.74) is 1.22. The van der Waals surface area contributed by atoms with Crippen LogP contribution in [0, 0.1) is 5.92 Å². The molecule has 0 aromatic carbocycles. The van der Waals surface area contributed by atoms with Gasteiger partial charge in [-0.05, 0) is 38.0 Å². The van der Waals surface area contributed by atoms with E-state index in [2.05, 4.69) is 25.8 Å². The van der Waals surface area contributed by atoms with Crippen LogP contribution in [-0.4, -0.2) is 25.2 Å². The minimum Gasteiger partial charge on any atom is -0.408 e. The standard InChI is InChI=1S/C13H16N6O/c1-2-9(1)11-16-17-12(20-11)14-6-10-7-19(18-15-10)13-3-8(4-13)5-13/h7-9H,1-6H2,(H,14,17). The maximum Gasteiger partial charge on any atom is 0.315 e. The Morgan fingerprint density at radius 3 is 2.80 bits per heavy atom. The topological polar surface area (TPSA) is 81.7 Å². The molecule has 0 radical (unpaired) electrons. The fourth-order valence-corrected chi connectivity index (χ4v) is 3.29. The van der Waals surface area contributed by atoms with Gasteiger partial charge in [0.1, 0.15) is 5.69 Å². The van der Waals surface area contributed by atoms with Crippen molar-refractivity contribution in [3.05, 3.63) is 17.8 Å². The first-order chi connectivity index (χ1) is 9.81. The van der Waals surface area contributed by atoms with Crippen LogP contribution in [0.2, 0.25) is 0 Å². The molecular weight excluding hydrogens is 256 g/mol. The van der Waals surface area contributed by atoms with Crippen LogP contribution < -0.4 is 5.32 Å². The quantitative estimate of drug-likeness (QED) is 0.891. The van der Waals surface area contributed by atoms with Crippen molar-refractivity contribution in [1.29, 1.82) is 0 Å². The zero-order valence-corrected chi connectivity index (χ0v) is 11.1. The summed E-state index contributed by atoms with van der Waals surface area (Å²) in [6, 6.07) is 0.479. The highest BCUT2D eigenvalue weighted by Crippen LogP contribution is 2.61. The molecule has 2 bridgehead atoms. The Hall–Kier alpha value is -1.92. The van der Waals surface area contributed by atoms with Gasteiger partial charge in [0.05, 0.1) is 18.3 Å². The van der Waals surface area contributed by atoms with E-state index in [4.69, 9.17) is 4.42 Å². The predicted molar refractivity (Wildman–Crippen MR) is 68.9 cm³/mol. The third-order valence-electron chi connectivity index (χ3n) is 4.82. The summed E-state index contributed by atoms with van der Waals surface area (Å²) in [6.45, 7) is 0.575. The van der Waals surface area contributed by atoms with Gasteiger partial charge in [0.2, 0.25) is 5.89 Å². The zero-order chi connectivity index (χ0) is 13.2. The first-order valence-corrected chi connectivity index (χ1v) is 7.30. The minimum atomic E-state index is 0.305. The Morgan fingerprint density at radius 2 is 2.10 bits per heavy atom. The molecule has 4 aliphatic carbocycles. The van der Waals surface area contributed by atoms with E-state index in [1.807, 2.05) is 10.9 Å². The minimum absolute atomic E-state index is 0.305. The second-order valence-electron chi connectivity index (χ2n) is 6.43. The van der Waals surface area contributed by atoms with Crippen LogP contribution in [0.25, 0.3) is 0 Å². The number of nitrogens with zero attached hydrogens (tertiary/aromatic N) is 5. The van der Waals surface area contributed by atoms with Crippen LogP contribution in [0.5, 0.6) is 0 Å². The SMILES string of the molecule is c1c(CNc2nnc(C3CC3)o2)nnn1C12CC(C1)C2. The van der Waals surface area contributed by atoms with Crippen LogP contribution in [0.3, 0.4) is 0 Å². The summed E-state index contributed by atoms with van der Waals surface area (Å²) in [6.07, 6.45) is 8.20. The van der Waals surface area contributed by atoms with Gasteiger partial charge in [-0.15, -0.1) is 10.2 Å². The predicted octanol–water partition coefficient (Wildman–Crippen LogP) is 1.66. The molecule has 4 fully saturated rings. The second-order valence-corrected chi connectivity index (χ2v) is 6.43. The summed E-state index contributed by atoms with van der Waals surface area (Å²) in [7, 11) is 0. The molecule has 0 spiro atoms. The van der Waals surface area contributed by atoms with Crippen molar-refractivity contribution >= 4 is 6.01 Å². The van der Waals surface area contributed by atoms with Crippen LogP contribution in [-0.2, 0) is 12.1 Å². The lowest BCUT2D eigenvalue weighted by molar-refractivity contribution is -0.0989. The van der Waals surface area contributed by atoms with Crippen LogP contribution >= 0.6 is 0 Å². The maximum absolute atomic E-state index is 5.56. The van der Waals surface area contributed by atoms with Crippen LogP contribution in [0.15, 0.2) is 10.6 Å². The van der Waals surface area contributed by atoms with Crippen molar-refractivity contribution in [2.45, 2.75) is 50.1 Å². The van der Waals surface area contributed by atoms with Crippen molar-refractivity contribution in [1.82, 2.24) is 25.2 Å². The molecule has 0 atom stereocenters. The summed E-state index contributed by atoms with van der Waals surface area (Å²) in [4.78, 5) is 0. The summed E-state index contributed by atoms with van der Waals surface area (Å²) >= 11 is 0. The molecule has 2 heterocycles. The first-order valence-electron chi connectivity index (χ1n) is 7.30. The first kappa shape index (κ1) is 10.8. The third-order valence-corrected chi connectivity index (χ3v) is 4.82. The molecule has 0 saturated heterocycles. The van der Waals surface area contributed by atoms with Crippen molar-refractivity contribution in [2.24, 2.45) is 5.92 Å². The van der Waals surface area contributed by atoms with Gasteiger partial charge in [0.15, 0.2) is 0 Å². The molecule has 4 aliphatic rings. The highest BCUT2D eigenvalue weighted by molar-refractivity contribution is 5.20.